The van der Waals surface area contributed by atoms with Gasteiger partial charge in [0, 0.05) is 12.3 Å². The number of nitrogens with one attached hydrogen (secondary N) is 1. The average molecular weight is 494 g/mol. The highest BCUT2D eigenvalue weighted by Crippen LogP contribution is 2.44. The summed E-state index contributed by atoms with van der Waals surface area (Å²) in [5.74, 6) is -6.64. The third-order valence-corrected chi connectivity index (χ3v) is 6.22. The molecule has 1 saturated heterocycles. The predicted molar refractivity (Wildman–Crippen MR) is 115 cm³/mol. The molecular formula is C24H22F4N2O5. The average Bonchev–Trinajstić information content (AvgIpc) is 3.31. The Morgan fingerprint density at radius 2 is 1.63 bits per heavy atom. The summed E-state index contributed by atoms with van der Waals surface area (Å²) in [4.78, 5) is 36.3. The predicted octanol–water partition coefficient (Wildman–Crippen LogP) is 3.87. The van der Waals surface area contributed by atoms with Gasteiger partial charge in [0.25, 0.3) is 12.3 Å². The molecule has 1 aliphatic carbocycles. The Balaban J connectivity index is 1.39. The lowest BCUT2D eigenvalue weighted by Crippen LogP contribution is -2.47. The zero-order chi connectivity index (χ0) is 25.3. The summed E-state index contributed by atoms with van der Waals surface area (Å²) in [6.07, 6.45) is -6.58. The monoisotopic (exact) mass is 494 g/mol. The molecular weight excluding hydrogens is 472 g/mol. The Labute approximate surface area is 197 Å². The molecule has 11 heteroatoms. The van der Waals surface area contributed by atoms with Crippen LogP contribution < -0.4 is 5.32 Å². The van der Waals surface area contributed by atoms with Crippen molar-refractivity contribution >= 4 is 18.0 Å². The first-order valence-electron chi connectivity index (χ1n) is 10.9. The van der Waals surface area contributed by atoms with Gasteiger partial charge in [0.2, 0.25) is 5.91 Å². The van der Waals surface area contributed by atoms with Crippen molar-refractivity contribution in [1.82, 2.24) is 10.2 Å². The van der Waals surface area contributed by atoms with Crippen molar-refractivity contribution in [3.63, 3.8) is 0 Å². The number of aliphatic carboxylic acids is 1. The molecule has 2 aromatic carbocycles. The number of carbonyl (C=O) groups excluding carboxylic acids is 2. The first kappa shape index (κ1) is 24.5. The van der Waals surface area contributed by atoms with Gasteiger partial charge < -0.3 is 20.1 Å². The molecule has 1 heterocycles. The number of benzene rings is 2. The number of rotatable bonds is 7. The van der Waals surface area contributed by atoms with Gasteiger partial charge in [-0.3, -0.25) is 4.79 Å². The molecule has 1 unspecified atom stereocenters. The fourth-order valence-corrected chi connectivity index (χ4v) is 4.60. The Hall–Kier alpha value is -3.63. The maximum atomic E-state index is 13.6. The van der Waals surface area contributed by atoms with E-state index in [0.29, 0.717) is 4.90 Å². The van der Waals surface area contributed by atoms with Crippen molar-refractivity contribution in [3.8, 4) is 11.1 Å². The van der Waals surface area contributed by atoms with E-state index < -0.39 is 61.8 Å². The summed E-state index contributed by atoms with van der Waals surface area (Å²) in [6.45, 7) is -1.34. The molecule has 0 spiro atoms. The van der Waals surface area contributed by atoms with Gasteiger partial charge in [-0.15, -0.1) is 0 Å². The van der Waals surface area contributed by atoms with Crippen LogP contribution in [0.5, 0.6) is 0 Å². The molecule has 0 bridgehead atoms. The highest BCUT2D eigenvalue weighted by atomic mass is 19.3. The third-order valence-electron chi connectivity index (χ3n) is 6.22. The van der Waals surface area contributed by atoms with E-state index >= 15 is 0 Å². The zero-order valence-electron chi connectivity index (χ0n) is 18.3. The van der Waals surface area contributed by atoms with Gasteiger partial charge in [0.05, 0.1) is 13.0 Å². The van der Waals surface area contributed by atoms with Crippen LogP contribution in [0.1, 0.15) is 29.9 Å². The van der Waals surface area contributed by atoms with Crippen molar-refractivity contribution in [2.75, 3.05) is 13.2 Å². The van der Waals surface area contributed by atoms with E-state index in [0.717, 1.165) is 22.3 Å². The van der Waals surface area contributed by atoms with Gasteiger partial charge in [0.1, 0.15) is 18.7 Å². The van der Waals surface area contributed by atoms with Crippen molar-refractivity contribution in [3.05, 3.63) is 59.7 Å². The SMILES string of the molecule is O=C(NC(CC(=O)N1CC(F)(F)C[C@H]1C(=O)O)C(F)F)OCC1c2ccccc2-c2ccccc21. The number of carboxylic acid groups (broad SMARTS) is 1. The van der Waals surface area contributed by atoms with Crippen molar-refractivity contribution < 1.29 is 41.8 Å². The van der Waals surface area contributed by atoms with E-state index in [1.165, 1.54) is 0 Å². The standard InChI is InChI=1S/C24H22F4N2O5/c25-21(26)18(9-20(31)30-12-24(27,28)10-19(30)22(32)33)29-23(34)35-11-17-15-7-3-1-5-13(15)14-6-2-4-8-16(14)17/h1-8,17-19,21H,9-12H2,(H,29,34)(H,32,33)/t18?,19-/m0/s1. The minimum absolute atomic E-state index is 0.150. The number of likely N-dealkylation sites (tertiary alicyclic amines) is 1. The Morgan fingerprint density at radius 3 is 2.17 bits per heavy atom. The zero-order valence-corrected chi connectivity index (χ0v) is 18.3. The van der Waals surface area contributed by atoms with Crippen LogP contribution in [0.2, 0.25) is 0 Å². The number of fused-ring (bicyclic) bond motifs is 3. The normalized spacial score (nSPS) is 19.2. The lowest BCUT2D eigenvalue weighted by Gasteiger charge is -2.24. The largest absolute Gasteiger partial charge is 0.480 e. The van der Waals surface area contributed by atoms with Gasteiger partial charge in [-0.25, -0.2) is 27.2 Å². The maximum absolute atomic E-state index is 13.6. The molecule has 7 nitrogen and oxygen atoms in total. The van der Waals surface area contributed by atoms with E-state index in [2.05, 4.69) is 0 Å². The van der Waals surface area contributed by atoms with Crippen LogP contribution in [0.4, 0.5) is 22.4 Å². The quantitative estimate of drug-likeness (QED) is 0.570. The second-order valence-electron chi connectivity index (χ2n) is 8.55. The first-order chi connectivity index (χ1) is 16.6. The smallest absolute Gasteiger partial charge is 0.407 e. The number of carboxylic acids is 1. The van der Waals surface area contributed by atoms with Crippen molar-refractivity contribution in [2.24, 2.45) is 0 Å². The van der Waals surface area contributed by atoms with Crippen LogP contribution in [-0.2, 0) is 14.3 Å². The number of hydrogen-bond donors (Lipinski definition) is 2. The van der Waals surface area contributed by atoms with E-state index in [-0.39, 0.29) is 12.5 Å². The number of hydrogen-bond acceptors (Lipinski definition) is 4. The summed E-state index contributed by atoms with van der Waals surface area (Å²) in [5.41, 5.74) is 3.78. The van der Waals surface area contributed by atoms with Crippen LogP contribution in [0.15, 0.2) is 48.5 Å². The maximum Gasteiger partial charge on any atom is 0.407 e. The second kappa shape index (κ2) is 9.55. The van der Waals surface area contributed by atoms with Gasteiger partial charge in [0.15, 0.2) is 0 Å². The number of ether oxygens (including phenoxy) is 1. The number of alkyl halides is 4. The molecule has 2 atom stereocenters. The molecule has 35 heavy (non-hydrogen) atoms. The minimum atomic E-state index is -3.45. The highest BCUT2D eigenvalue weighted by molar-refractivity contribution is 5.85. The van der Waals surface area contributed by atoms with E-state index in [1.54, 1.807) is 0 Å². The number of carbonyl (C=O) groups is 3. The summed E-state index contributed by atoms with van der Waals surface area (Å²) in [7, 11) is 0. The Kier molecular flexibility index (Phi) is 6.68. The highest BCUT2D eigenvalue weighted by Gasteiger charge is 2.50. The van der Waals surface area contributed by atoms with Crippen LogP contribution in [0, 0.1) is 0 Å². The molecule has 186 valence electrons. The number of amides is 2. The number of nitrogens with zero attached hydrogens (tertiary/aromatic N) is 1. The molecule has 2 N–H and O–H groups in total. The molecule has 2 amide bonds. The Morgan fingerprint density at radius 1 is 1.06 bits per heavy atom. The molecule has 2 aliphatic rings. The first-order valence-corrected chi connectivity index (χ1v) is 10.9. The van der Waals surface area contributed by atoms with Gasteiger partial charge in [-0.2, -0.15) is 0 Å². The minimum Gasteiger partial charge on any atom is -0.480 e. The Bertz CT molecular complexity index is 1100. The fourth-order valence-electron chi connectivity index (χ4n) is 4.60. The van der Waals surface area contributed by atoms with Crippen molar-refractivity contribution in [1.29, 1.82) is 0 Å². The summed E-state index contributed by atoms with van der Waals surface area (Å²) < 4.78 is 59.6. The van der Waals surface area contributed by atoms with E-state index in [1.807, 2.05) is 53.8 Å². The van der Waals surface area contributed by atoms with Gasteiger partial charge in [-0.05, 0) is 22.3 Å². The second-order valence-corrected chi connectivity index (χ2v) is 8.55. The van der Waals surface area contributed by atoms with Crippen LogP contribution >= 0.6 is 0 Å². The summed E-state index contributed by atoms with van der Waals surface area (Å²) in [6, 6.07) is 11.2. The summed E-state index contributed by atoms with van der Waals surface area (Å²) >= 11 is 0. The van der Waals surface area contributed by atoms with E-state index in [9.17, 15) is 31.9 Å². The van der Waals surface area contributed by atoms with Gasteiger partial charge in [-0.1, -0.05) is 48.5 Å². The molecule has 2 aromatic rings. The molecule has 4 rings (SSSR count). The number of alkyl carbamates (subject to hydrolysis) is 1. The fraction of sp³-hybridized carbons (Fsp3) is 0.375. The van der Waals surface area contributed by atoms with Crippen molar-refractivity contribution in [2.45, 2.75) is 43.2 Å². The van der Waals surface area contributed by atoms with Crippen LogP contribution in [-0.4, -0.2) is 65.6 Å². The molecule has 1 aliphatic heterocycles. The van der Waals surface area contributed by atoms with E-state index in [4.69, 9.17) is 9.84 Å². The lowest BCUT2D eigenvalue weighted by molar-refractivity contribution is -0.148. The van der Waals surface area contributed by atoms with Crippen LogP contribution in [0.3, 0.4) is 0 Å². The molecule has 0 saturated carbocycles. The molecule has 1 fully saturated rings. The third kappa shape index (κ3) is 5.08. The topological polar surface area (TPSA) is 95.9 Å². The number of halogens is 4. The molecule has 0 radical (unpaired) electrons. The lowest BCUT2D eigenvalue weighted by atomic mass is 9.98. The molecule has 0 aromatic heterocycles. The summed E-state index contributed by atoms with van der Waals surface area (Å²) in [5, 5.41) is 11.0. The van der Waals surface area contributed by atoms with Gasteiger partial charge >= 0.3 is 12.1 Å². The van der Waals surface area contributed by atoms with Crippen LogP contribution in [0.25, 0.3) is 11.1 Å².